The van der Waals surface area contributed by atoms with Gasteiger partial charge in [0.05, 0.1) is 23.8 Å². The lowest BCUT2D eigenvalue weighted by Crippen LogP contribution is -2.15. The van der Waals surface area contributed by atoms with Gasteiger partial charge in [0, 0.05) is 24.7 Å². The summed E-state index contributed by atoms with van der Waals surface area (Å²) >= 11 is 0. The van der Waals surface area contributed by atoms with Crippen LogP contribution >= 0.6 is 0 Å². The summed E-state index contributed by atoms with van der Waals surface area (Å²) in [7, 11) is 1.64. The maximum atomic E-state index is 8.85. The van der Waals surface area contributed by atoms with Gasteiger partial charge in [-0.1, -0.05) is 24.3 Å². The van der Waals surface area contributed by atoms with E-state index in [0.29, 0.717) is 24.5 Å². The number of methoxy groups -OCH3 is 1. The van der Waals surface area contributed by atoms with Crippen LogP contribution in [-0.2, 0) is 0 Å². The Balaban J connectivity index is 1.54. The predicted octanol–water partition coefficient (Wildman–Crippen LogP) is 4.10. The standard InChI is InChI=1S/C23H20N6O/c1-30-20-9-5-3-7-18(20)23-28-19-8-4-2-6-17(19)22(29-23)26-13-12-25-21-11-10-16(14-24)15-27-21/h2-11,15H,12-13H2,1H3,(H,25,27)(H,26,28,29). The molecule has 0 radical (unpaired) electrons. The zero-order valence-electron chi connectivity index (χ0n) is 16.5. The lowest BCUT2D eigenvalue weighted by atomic mass is 10.1. The third-order valence-electron chi connectivity index (χ3n) is 4.57. The number of aromatic nitrogens is 3. The molecule has 0 unspecified atom stereocenters. The van der Waals surface area contributed by atoms with Gasteiger partial charge in [-0.05, 0) is 36.4 Å². The molecule has 0 spiro atoms. The van der Waals surface area contributed by atoms with Crippen LogP contribution in [0.5, 0.6) is 5.75 Å². The molecule has 0 aliphatic rings. The van der Waals surface area contributed by atoms with Crippen molar-refractivity contribution >= 4 is 22.5 Å². The van der Waals surface area contributed by atoms with Crippen molar-refractivity contribution in [2.45, 2.75) is 0 Å². The van der Waals surface area contributed by atoms with Gasteiger partial charge in [0.25, 0.3) is 0 Å². The van der Waals surface area contributed by atoms with Crippen molar-refractivity contribution in [2.24, 2.45) is 0 Å². The van der Waals surface area contributed by atoms with E-state index in [0.717, 1.165) is 33.9 Å². The zero-order valence-corrected chi connectivity index (χ0v) is 16.5. The van der Waals surface area contributed by atoms with Crippen LogP contribution in [0.15, 0.2) is 66.9 Å². The number of nitrogens with zero attached hydrogens (tertiary/aromatic N) is 4. The SMILES string of the molecule is COc1ccccc1-c1nc(NCCNc2ccc(C#N)cn2)c2ccccc2n1. The quantitative estimate of drug-likeness (QED) is 0.454. The normalized spacial score (nSPS) is 10.4. The van der Waals surface area contributed by atoms with E-state index in [-0.39, 0.29) is 0 Å². The maximum Gasteiger partial charge on any atom is 0.165 e. The number of fused-ring (bicyclic) bond motifs is 1. The van der Waals surface area contributed by atoms with Gasteiger partial charge in [0.1, 0.15) is 23.5 Å². The van der Waals surface area contributed by atoms with Crippen LogP contribution in [0.1, 0.15) is 5.56 Å². The average Bonchev–Trinajstić information content (AvgIpc) is 2.82. The first-order valence-corrected chi connectivity index (χ1v) is 9.52. The van der Waals surface area contributed by atoms with Crippen LogP contribution in [-0.4, -0.2) is 35.2 Å². The second kappa shape index (κ2) is 8.88. The molecule has 4 aromatic rings. The van der Waals surface area contributed by atoms with Crippen LogP contribution < -0.4 is 15.4 Å². The zero-order chi connectivity index (χ0) is 20.8. The van der Waals surface area contributed by atoms with E-state index in [4.69, 9.17) is 20.0 Å². The highest BCUT2D eigenvalue weighted by Crippen LogP contribution is 2.30. The summed E-state index contributed by atoms with van der Waals surface area (Å²) in [5.41, 5.74) is 2.24. The molecule has 7 heteroatoms. The second-order valence-corrected chi connectivity index (χ2v) is 6.51. The molecule has 2 aromatic carbocycles. The van der Waals surface area contributed by atoms with Crippen molar-refractivity contribution < 1.29 is 4.74 Å². The van der Waals surface area contributed by atoms with Gasteiger partial charge in [0.15, 0.2) is 5.82 Å². The highest BCUT2D eigenvalue weighted by molar-refractivity contribution is 5.90. The van der Waals surface area contributed by atoms with Crippen molar-refractivity contribution in [3.63, 3.8) is 0 Å². The van der Waals surface area contributed by atoms with E-state index in [1.54, 1.807) is 25.4 Å². The molecule has 4 rings (SSSR count). The summed E-state index contributed by atoms with van der Waals surface area (Å²) in [4.78, 5) is 13.7. The van der Waals surface area contributed by atoms with Crippen molar-refractivity contribution in [3.8, 4) is 23.2 Å². The molecule has 7 nitrogen and oxygen atoms in total. The summed E-state index contributed by atoms with van der Waals surface area (Å²) in [5, 5.41) is 16.4. The molecule has 148 valence electrons. The fourth-order valence-corrected chi connectivity index (χ4v) is 3.10. The van der Waals surface area contributed by atoms with Gasteiger partial charge < -0.3 is 15.4 Å². The molecule has 0 aliphatic carbocycles. The molecule has 2 N–H and O–H groups in total. The molecule has 0 aliphatic heterocycles. The Morgan fingerprint density at radius 1 is 0.933 bits per heavy atom. The summed E-state index contributed by atoms with van der Waals surface area (Å²) in [6, 6.07) is 21.2. The van der Waals surface area contributed by atoms with Crippen LogP contribution in [0.2, 0.25) is 0 Å². The van der Waals surface area contributed by atoms with Gasteiger partial charge in [-0.25, -0.2) is 15.0 Å². The van der Waals surface area contributed by atoms with E-state index >= 15 is 0 Å². The molecule has 0 fully saturated rings. The molecule has 0 saturated carbocycles. The summed E-state index contributed by atoms with van der Waals surface area (Å²) in [6.07, 6.45) is 1.55. The molecule has 2 heterocycles. The van der Waals surface area contributed by atoms with Crippen LogP contribution in [0.4, 0.5) is 11.6 Å². The molecule has 2 aromatic heterocycles. The maximum absolute atomic E-state index is 8.85. The second-order valence-electron chi connectivity index (χ2n) is 6.51. The Kier molecular flexibility index (Phi) is 5.67. The third-order valence-corrected chi connectivity index (χ3v) is 4.57. The number of rotatable bonds is 7. The van der Waals surface area contributed by atoms with E-state index in [1.807, 2.05) is 48.5 Å². The summed E-state index contributed by atoms with van der Waals surface area (Å²) in [6.45, 7) is 1.27. The first kappa shape index (κ1) is 19.2. The van der Waals surface area contributed by atoms with Crippen molar-refractivity contribution in [1.29, 1.82) is 5.26 Å². The Labute approximate surface area is 174 Å². The number of ether oxygens (including phenoxy) is 1. The highest BCUT2D eigenvalue weighted by Gasteiger charge is 2.12. The molecule has 0 atom stereocenters. The number of nitriles is 1. The average molecular weight is 396 g/mol. The number of benzene rings is 2. The topological polar surface area (TPSA) is 95.8 Å². The Morgan fingerprint density at radius 3 is 2.53 bits per heavy atom. The molecule has 0 bridgehead atoms. The number of nitrogens with one attached hydrogen (secondary N) is 2. The first-order chi connectivity index (χ1) is 14.8. The largest absolute Gasteiger partial charge is 0.496 e. The lowest BCUT2D eigenvalue weighted by molar-refractivity contribution is 0.416. The van der Waals surface area contributed by atoms with Crippen molar-refractivity contribution in [1.82, 2.24) is 15.0 Å². The van der Waals surface area contributed by atoms with Crippen LogP contribution in [0.25, 0.3) is 22.3 Å². The van der Waals surface area contributed by atoms with Gasteiger partial charge >= 0.3 is 0 Å². The number of hydrogen-bond donors (Lipinski definition) is 2. The van der Waals surface area contributed by atoms with Crippen LogP contribution in [0.3, 0.4) is 0 Å². The van der Waals surface area contributed by atoms with Gasteiger partial charge in [-0.15, -0.1) is 0 Å². The highest BCUT2D eigenvalue weighted by atomic mass is 16.5. The fraction of sp³-hybridized carbons (Fsp3) is 0.130. The van der Waals surface area contributed by atoms with Gasteiger partial charge in [0.2, 0.25) is 0 Å². The van der Waals surface area contributed by atoms with E-state index in [9.17, 15) is 0 Å². The molecule has 30 heavy (non-hydrogen) atoms. The Morgan fingerprint density at radius 2 is 1.73 bits per heavy atom. The first-order valence-electron chi connectivity index (χ1n) is 9.52. The lowest BCUT2D eigenvalue weighted by Gasteiger charge is -2.13. The Bertz CT molecular complexity index is 1200. The van der Waals surface area contributed by atoms with E-state index < -0.39 is 0 Å². The number of hydrogen-bond acceptors (Lipinski definition) is 7. The minimum atomic E-state index is 0.537. The molecular formula is C23H20N6O. The van der Waals surface area contributed by atoms with E-state index in [2.05, 4.69) is 21.7 Å². The fourth-order valence-electron chi connectivity index (χ4n) is 3.10. The molecule has 0 amide bonds. The minimum Gasteiger partial charge on any atom is -0.496 e. The summed E-state index contributed by atoms with van der Waals surface area (Å²) in [5.74, 6) is 2.82. The minimum absolute atomic E-state index is 0.537. The number of anilines is 2. The van der Waals surface area contributed by atoms with Crippen molar-refractivity contribution in [2.75, 3.05) is 30.8 Å². The van der Waals surface area contributed by atoms with E-state index in [1.165, 1.54) is 0 Å². The number of para-hydroxylation sites is 2. The summed E-state index contributed by atoms with van der Waals surface area (Å²) < 4.78 is 5.48. The number of pyridine rings is 1. The van der Waals surface area contributed by atoms with Gasteiger partial charge in [-0.3, -0.25) is 0 Å². The van der Waals surface area contributed by atoms with Crippen molar-refractivity contribution in [3.05, 3.63) is 72.4 Å². The molecular weight excluding hydrogens is 376 g/mol. The van der Waals surface area contributed by atoms with Crippen LogP contribution in [0, 0.1) is 11.3 Å². The smallest absolute Gasteiger partial charge is 0.165 e. The predicted molar refractivity (Wildman–Crippen MR) is 117 cm³/mol. The monoisotopic (exact) mass is 396 g/mol. The third kappa shape index (κ3) is 4.13. The van der Waals surface area contributed by atoms with Gasteiger partial charge in [-0.2, -0.15) is 5.26 Å². The molecule has 0 saturated heterocycles. The Hall–Kier alpha value is -4.18.